The molecule has 2 aliphatic rings. The van der Waals surface area contributed by atoms with E-state index in [0.717, 1.165) is 44.0 Å². The second-order valence-electron chi connectivity index (χ2n) is 5.85. The van der Waals surface area contributed by atoms with Gasteiger partial charge in [0.2, 0.25) is 5.91 Å². The van der Waals surface area contributed by atoms with E-state index < -0.39 is 0 Å². The average Bonchev–Trinajstić information content (AvgIpc) is 2.55. The highest BCUT2D eigenvalue weighted by Crippen LogP contribution is 2.29. The maximum Gasteiger partial charge on any atom is 0.226 e. The van der Waals surface area contributed by atoms with Crippen LogP contribution in [0.1, 0.15) is 5.56 Å². The van der Waals surface area contributed by atoms with E-state index in [2.05, 4.69) is 15.5 Å². The summed E-state index contributed by atoms with van der Waals surface area (Å²) in [4.78, 5) is 14.6. The zero-order valence-corrected chi connectivity index (χ0v) is 13.4. The predicted octanol–water partition coefficient (Wildman–Crippen LogP) is 0.913. The van der Waals surface area contributed by atoms with Crippen molar-refractivity contribution in [1.29, 1.82) is 0 Å². The fraction of sp³-hybridized carbons (Fsp3) is 0.562. The van der Waals surface area contributed by atoms with E-state index in [1.165, 1.54) is 0 Å². The lowest BCUT2D eigenvalue weighted by molar-refractivity contribution is -0.126. The molecule has 6 heteroatoms. The van der Waals surface area contributed by atoms with Crippen molar-refractivity contribution >= 4 is 17.5 Å². The molecule has 5 nitrogen and oxygen atoms in total. The molecule has 2 heterocycles. The van der Waals surface area contributed by atoms with Gasteiger partial charge < -0.3 is 15.4 Å². The first kappa shape index (κ1) is 15.6. The number of hydrogen-bond acceptors (Lipinski definition) is 4. The van der Waals surface area contributed by atoms with Crippen LogP contribution < -0.4 is 15.4 Å². The first-order chi connectivity index (χ1) is 10.7. The van der Waals surface area contributed by atoms with E-state index >= 15 is 0 Å². The van der Waals surface area contributed by atoms with Gasteiger partial charge in [0.1, 0.15) is 12.4 Å². The van der Waals surface area contributed by atoms with E-state index in [0.29, 0.717) is 24.6 Å². The normalized spacial score (nSPS) is 21.8. The van der Waals surface area contributed by atoms with Gasteiger partial charge in [0.15, 0.2) is 0 Å². The molecule has 1 atom stereocenters. The number of nitrogens with zero attached hydrogens (tertiary/aromatic N) is 1. The molecule has 2 N–H and O–H groups in total. The number of piperazine rings is 1. The lowest BCUT2D eigenvalue weighted by atomic mass is 9.96. The summed E-state index contributed by atoms with van der Waals surface area (Å²) in [6.45, 7) is 6.20. The van der Waals surface area contributed by atoms with Crippen LogP contribution in [0, 0.1) is 5.92 Å². The zero-order valence-electron chi connectivity index (χ0n) is 12.6. The summed E-state index contributed by atoms with van der Waals surface area (Å²) in [5.74, 6) is 0.781. The molecular formula is C16H22ClN3O2. The number of rotatable bonds is 4. The molecule has 120 valence electrons. The van der Waals surface area contributed by atoms with Crippen LogP contribution in [0.2, 0.25) is 5.02 Å². The van der Waals surface area contributed by atoms with Crippen molar-refractivity contribution in [3.05, 3.63) is 28.8 Å². The summed E-state index contributed by atoms with van der Waals surface area (Å²) in [6.07, 6.45) is 0.690. The number of carbonyl (C=O) groups excluding carboxylic acids is 1. The highest BCUT2D eigenvalue weighted by atomic mass is 35.5. The molecule has 3 rings (SSSR count). The number of nitrogens with one attached hydrogen (secondary N) is 2. The van der Waals surface area contributed by atoms with Gasteiger partial charge in [0, 0.05) is 44.3 Å². The van der Waals surface area contributed by atoms with Crippen LogP contribution in [0.15, 0.2) is 18.2 Å². The van der Waals surface area contributed by atoms with Crippen molar-refractivity contribution in [3.8, 4) is 5.75 Å². The van der Waals surface area contributed by atoms with Gasteiger partial charge in [0.25, 0.3) is 0 Å². The Bertz CT molecular complexity index is 532. The Balaban J connectivity index is 1.46. The Kier molecular flexibility index (Phi) is 5.18. The lowest BCUT2D eigenvalue weighted by Crippen LogP contribution is -2.47. The molecule has 1 saturated heterocycles. The van der Waals surface area contributed by atoms with Crippen LogP contribution in [0.5, 0.6) is 5.75 Å². The summed E-state index contributed by atoms with van der Waals surface area (Å²) in [5.41, 5.74) is 1.01. The first-order valence-electron chi connectivity index (χ1n) is 7.84. The summed E-state index contributed by atoms with van der Waals surface area (Å²) < 4.78 is 5.67. The van der Waals surface area contributed by atoms with Crippen molar-refractivity contribution in [2.75, 3.05) is 45.9 Å². The fourth-order valence-electron chi connectivity index (χ4n) is 2.95. The van der Waals surface area contributed by atoms with E-state index in [1.807, 2.05) is 18.2 Å². The molecule has 0 bridgehead atoms. The SMILES string of the molecule is O=C(NCCN1CCNCC1)C1COc2ccc(Cl)cc2C1. The molecule has 0 saturated carbocycles. The Hall–Kier alpha value is -1.30. The van der Waals surface area contributed by atoms with E-state index in [1.54, 1.807) is 0 Å². The number of amides is 1. The molecule has 0 aromatic heterocycles. The zero-order chi connectivity index (χ0) is 15.4. The smallest absolute Gasteiger partial charge is 0.226 e. The minimum absolute atomic E-state index is 0.0701. The number of halogens is 1. The molecule has 0 spiro atoms. The third-order valence-corrected chi connectivity index (χ3v) is 4.47. The highest BCUT2D eigenvalue weighted by Gasteiger charge is 2.26. The van der Waals surface area contributed by atoms with Gasteiger partial charge in [-0.05, 0) is 30.2 Å². The van der Waals surface area contributed by atoms with Crippen LogP contribution >= 0.6 is 11.6 Å². The molecule has 1 aromatic carbocycles. The van der Waals surface area contributed by atoms with Crippen LogP contribution in [0.25, 0.3) is 0 Å². The largest absolute Gasteiger partial charge is 0.492 e. The van der Waals surface area contributed by atoms with Crippen LogP contribution in [-0.2, 0) is 11.2 Å². The van der Waals surface area contributed by atoms with Gasteiger partial charge in [-0.2, -0.15) is 0 Å². The van der Waals surface area contributed by atoms with Crippen LogP contribution in [0.4, 0.5) is 0 Å². The average molecular weight is 324 g/mol. The monoisotopic (exact) mass is 323 g/mol. The second-order valence-corrected chi connectivity index (χ2v) is 6.28. The summed E-state index contributed by atoms with van der Waals surface area (Å²) in [5, 5.41) is 7.04. The minimum Gasteiger partial charge on any atom is -0.492 e. The van der Waals surface area contributed by atoms with Gasteiger partial charge in [-0.15, -0.1) is 0 Å². The number of fused-ring (bicyclic) bond motifs is 1. The second kappa shape index (κ2) is 7.31. The highest BCUT2D eigenvalue weighted by molar-refractivity contribution is 6.30. The van der Waals surface area contributed by atoms with Gasteiger partial charge in [0.05, 0.1) is 5.92 Å². The van der Waals surface area contributed by atoms with Crippen molar-refractivity contribution in [2.24, 2.45) is 5.92 Å². The molecule has 0 aliphatic carbocycles. The molecule has 1 amide bonds. The summed E-state index contributed by atoms with van der Waals surface area (Å²) in [6, 6.07) is 5.57. The minimum atomic E-state index is -0.131. The Morgan fingerprint density at radius 1 is 1.41 bits per heavy atom. The molecule has 1 aromatic rings. The maximum absolute atomic E-state index is 12.3. The topological polar surface area (TPSA) is 53.6 Å². The van der Waals surface area contributed by atoms with Crippen LogP contribution in [0.3, 0.4) is 0 Å². The standard InChI is InChI=1S/C16H22ClN3O2/c17-14-1-2-15-12(10-14)9-13(11-22-15)16(21)19-5-8-20-6-3-18-4-7-20/h1-2,10,13,18H,3-9,11H2,(H,19,21). The van der Waals surface area contributed by atoms with Gasteiger partial charge >= 0.3 is 0 Å². The van der Waals surface area contributed by atoms with Crippen molar-refractivity contribution in [1.82, 2.24) is 15.5 Å². The van der Waals surface area contributed by atoms with Crippen molar-refractivity contribution in [2.45, 2.75) is 6.42 Å². The van der Waals surface area contributed by atoms with Gasteiger partial charge in [-0.25, -0.2) is 0 Å². The summed E-state index contributed by atoms with van der Waals surface area (Å²) >= 11 is 6.01. The van der Waals surface area contributed by atoms with Gasteiger partial charge in [-0.1, -0.05) is 11.6 Å². The maximum atomic E-state index is 12.3. The Morgan fingerprint density at radius 3 is 3.05 bits per heavy atom. The van der Waals surface area contributed by atoms with E-state index in [-0.39, 0.29) is 11.8 Å². The quantitative estimate of drug-likeness (QED) is 0.865. The number of hydrogen-bond donors (Lipinski definition) is 2. The molecular weight excluding hydrogens is 302 g/mol. The number of carbonyl (C=O) groups is 1. The molecule has 0 radical (unpaired) electrons. The first-order valence-corrected chi connectivity index (χ1v) is 8.22. The lowest BCUT2D eigenvalue weighted by Gasteiger charge is -2.28. The number of ether oxygens (including phenoxy) is 1. The molecule has 1 unspecified atom stereocenters. The van der Waals surface area contributed by atoms with Gasteiger partial charge in [-0.3, -0.25) is 9.69 Å². The predicted molar refractivity (Wildman–Crippen MR) is 86.5 cm³/mol. The summed E-state index contributed by atoms with van der Waals surface area (Å²) in [7, 11) is 0. The Labute approximate surface area is 136 Å². The number of benzene rings is 1. The van der Waals surface area contributed by atoms with Crippen molar-refractivity contribution < 1.29 is 9.53 Å². The van der Waals surface area contributed by atoms with Crippen molar-refractivity contribution in [3.63, 3.8) is 0 Å². The third-order valence-electron chi connectivity index (χ3n) is 4.24. The molecule has 2 aliphatic heterocycles. The van der Waals surface area contributed by atoms with E-state index in [4.69, 9.17) is 16.3 Å². The Morgan fingerprint density at radius 2 is 2.23 bits per heavy atom. The fourth-order valence-corrected chi connectivity index (χ4v) is 3.14. The molecule has 1 fully saturated rings. The third kappa shape index (κ3) is 3.91. The van der Waals surface area contributed by atoms with E-state index in [9.17, 15) is 4.79 Å². The molecule has 22 heavy (non-hydrogen) atoms. The van der Waals surface area contributed by atoms with Crippen LogP contribution in [-0.4, -0.2) is 56.7 Å².